The molecule has 0 amide bonds. The van der Waals surface area contributed by atoms with Gasteiger partial charge in [-0.2, -0.15) is 0 Å². The quantitative estimate of drug-likeness (QED) is 0.538. The first kappa shape index (κ1) is 14.4. The number of esters is 1. The number of nitrogens with two attached hydrogens (primary N) is 1. The molecule has 0 spiro atoms. The third-order valence-electron chi connectivity index (χ3n) is 2.85. The molecular weight excluding hydrogens is 194 g/mol. The zero-order valence-corrected chi connectivity index (χ0v) is 10.4. The molecule has 4 heteroatoms. The molecule has 0 atom stereocenters. The summed E-state index contributed by atoms with van der Waals surface area (Å²) in [6.07, 6.45) is 0.712. The van der Waals surface area contributed by atoms with Crippen molar-refractivity contribution in [2.24, 2.45) is 11.1 Å². The van der Waals surface area contributed by atoms with Crippen LogP contribution in [-0.4, -0.2) is 31.8 Å². The molecule has 0 bridgehead atoms. The van der Waals surface area contributed by atoms with Gasteiger partial charge in [-0.1, -0.05) is 0 Å². The summed E-state index contributed by atoms with van der Waals surface area (Å²) in [4.78, 5) is 11.7. The number of methoxy groups -OCH3 is 1. The average Bonchev–Trinajstić information content (AvgIpc) is 2.10. The van der Waals surface area contributed by atoms with Crippen LogP contribution < -0.4 is 5.73 Å². The zero-order chi connectivity index (χ0) is 12.1. The van der Waals surface area contributed by atoms with Crippen molar-refractivity contribution in [1.82, 2.24) is 0 Å². The number of ether oxygens (including phenoxy) is 2. The van der Waals surface area contributed by atoms with Crippen molar-refractivity contribution < 1.29 is 14.3 Å². The van der Waals surface area contributed by atoms with Gasteiger partial charge in [-0.15, -0.1) is 0 Å². The highest BCUT2D eigenvalue weighted by Gasteiger charge is 2.41. The Balaban J connectivity index is 4.10. The Bertz CT molecular complexity index is 206. The van der Waals surface area contributed by atoms with Gasteiger partial charge < -0.3 is 15.2 Å². The van der Waals surface area contributed by atoms with Crippen molar-refractivity contribution >= 4 is 5.97 Å². The van der Waals surface area contributed by atoms with Crippen molar-refractivity contribution in [3.8, 4) is 0 Å². The lowest BCUT2D eigenvalue weighted by atomic mass is 9.75. The SMILES string of the molecule is COCCCOC(=O)C(C)(C)C(C)(C)N. The van der Waals surface area contributed by atoms with E-state index in [9.17, 15) is 4.79 Å². The van der Waals surface area contributed by atoms with Crippen molar-refractivity contribution in [2.75, 3.05) is 20.3 Å². The predicted molar refractivity (Wildman–Crippen MR) is 59.5 cm³/mol. The lowest BCUT2D eigenvalue weighted by Crippen LogP contribution is -2.52. The Morgan fingerprint density at radius 2 is 1.73 bits per heavy atom. The molecule has 2 N–H and O–H groups in total. The Morgan fingerprint density at radius 3 is 2.13 bits per heavy atom. The number of carbonyl (C=O) groups excluding carboxylic acids is 1. The molecule has 0 saturated carbocycles. The van der Waals surface area contributed by atoms with E-state index in [0.29, 0.717) is 19.6 Å². The third-order valence-corrected chi connectivity index (χ3v) is 2.85. The Hall–Kier alpha value is -0.610. The molecule has 0 aromatic rings. The predicted octanol–water partition coefficient (Wildman–Crippen LogP) is 1.33. The summed E-state index contributed by atoms with van der Waals surface area (Å²) < 4.78 is 10.00. The van der Waals surface area contributed by atoms with Gasteiger partial charge in [0.25, 0.3) is 0 Å². The monoisotopic (exact) mass is 217 g/mol. The van der Waals surface area contributed by atoms with E-state index < -0.39 is 11.0 Å². The summed E-state index contributed by atoms with van der Waals surface area (Å²) in [5, 5.41) is 0. The lowest BCUT2D eigenvalue weighted by molar-refractivity contribution is -0.157. The summed E-state index contributed by atoms with van der Waals surface area (Å²) >= 11 is 0. The standard InChI is InChI=1S/C11H23NO3/c1-10(2,11(3,4)12)9(13)15-8-6-7-14-5/h6-8,12H2,1-5H3. The minimum Gasteiger partial charge on any atom is -0.465 e. The molecule has 4 nitrogen and oxygen atoms in total. The molecule has 0 aromatic heterocycles. The van der Waals surface area contributed by atoms with E-state index in [1.165, 1.54) is 0 Å². The van der Waals surface area contributed by atoms with Crippen molar-refractivity contribution in [1.29, 1.82) is 0 Å². The van der Waals surface area contributed by atoms with E-state index in [0.717, 1.165) is 0 Å². The van der Waals surface area contributed by atoms with Crippen LogP contribution in [0.5, 0.6) is 0 Å². The van der Waals surface area contributed by atoms with Crippen LogP contribution in [0, 0.1) is 5.41 Å². The van der Waals surface area contributed by atoms with E-state index in [4.69, 9.17) is 15.2 Å². The normalized spacial score (nSPS) is 12.7. The minimum absolute atomic E-state index is 0.258. The van der Waals surface area contributed by atoms with Crippen LogP contribution in [-0.2, 0) is 14.3 Å². The van der Waals surface area contributed by atoms with Crippen LogP contribution in [0.3, 0.4) is 0 Å². The molecule has 0 saturated heterocycles. The summed E-state index contributed by atoms with van der Waals surface area (Å²) in [6, 6.07) is 0. The molecule has 0 aliphatic carbocycles. The molecule has 0 radical (unpaired) electrons. The van der Waals surface area contributed by atoms with Gasteiger partial charge in [-0.25, -0.2) is 0 Å². The first-order valence-electron chi connectivity index (χ1n) is 5.18. The molecule has 0 rings (SSSR count). The third kappa shape index (κ3) is 4.18. The van der Waals surface area contributed by atoms with Crippen LogP contribution >= 0.6 is 0 Å². The van der Waals surface area contributed by atoms with Gasteiger partial charge in [0.1, 0.15) is 0 Å². The van der Waals surface area contributed by atoms with Crippen molar-refractivity contribution in [2.45, 2.75) is 39.7 Å². The fraction of sp³-hybridized carbons (Fsp3) is 0.909. The summed E-state index contributed by atoms with van der Waals surface area (Å²) in [7, 11) is 1.62. The first-order valence-corrected chi connectivity index (χ1v) is 5.18. The second-order valence-electron chi connectivity index (χ2n) is 4.83. The molecule has 0 aliphatic heterocycles. The maximum Gasteiger partial charge on any atom is 0.313 e. The lowest BCUT2D eigenvalue weighted by Gasteiger charge is -2.35. The van der Waals surface area contributed by atoms with E-state index >= 15 is 0 Å². The van der Waals surface area contributed by atoms with E-state index in [2.05, 4.69) is 0 Å². The highest BCUT2D eigenvalue weighted by Crippen LogP contribution is 2.29. The largest absolute Gasteiger partial charge is 0.465 e. The smallest absolute Gasteiger partial charge is 0.313 e. The molecule has 0 heterocycles. The fourth-order valence-corrected chi connectivity index (χ4v) is 0.812. The van der Waals surface area contributed by atoms with Gasteiger partial charge in [0.05, 0.1) is 12.0 Å². The second-order valence-corrected chi connectivity index (χ2v) is 4.83. The summed E-state index contributed by atoms with van der Waals surface area (Å²) in [6.45, 7) is 8.22. The van der Waals surface area contributed by atoms with Gasteiger partial charge in [-0.05, 0) is 27.7 Å². The van der Waals surface area contributed by atoms with Crippen LogP contribution in [0.1, 0.15) is 34.1 Å². The topological polar surface area (TPSA) is 61.5 Å². The van der Waals surface area contributed by atoms with Crippen LogP contribution in [0.4, 0.5) is 0 Å². The van der Waals surface area contributed by atoms with Gasteiger partial charge in [0, 0.05) is 25.7 Å². The van der Waals surface area contributed by atoms with Gasteiger partial charge in [-0.3, -0.25) is 4.79 Å². The molecule has 90 valence electrons. The Labute approximate surface area is 92.1 Å². The van der Waals surface area contributed by atoms with Crippen LogP contribution in [0.2, 0.25) is 0 Å². The minimum atomic E-state index is -0.680. The number of hydrogen-bond acceptors (Lipinski definition) is 4. The maximum absolute atomic E-state index is 11.7. The highest BCUT2D eigenvalue weighted by molar-refractivity contribution is 5.77. The molecule has 15 heavy (non-hydrogen) atoms. The maximum atomic E-state index is 11.7. The number of hydrogen-bond donors (Lipinski definition) is 1. The molecule has 0 aliphatic rings. The number of carbonyl (C=O) groups is 1. The molecule has 0 aromatic carbocycles. The van der Waals surface area contributed by atoms with Crippen LogP contribution in [0.25, 0.3) is 0 Å². The van der Waals surface area contributed by atoms with Crippen molar-refractivity contribution in [3.63, 3.8) is 0 Å². The number of rotatable bonds is 6. The highest BCUT2D eigenvalue weighted by atomic mass is 16.5. The molecule has 0 fully saturated rings. The van der Waals surface area contributed by atoms with E-state index in [-0.39, 0.29) is 5.97 Å². The second kappa shape index (κ2) is 5.47. The van der Waals surface area contributed by atoms with Gasteiger partial charge in [0.15, 0.2) is 0 Å². The van der Waals surface area contributed by atoms with Crippen LogP contribution in [0.15, 0.2) is 0 Å². The zero-order valence-electron chi connectivity index (χ0n) is 10.4. The van der Waals surface area contributed by atoms with E-state index in [1.54, 1.807) is 21.0 Å². The van der Waals surface area contributed by atoms with E-state index in [1.807, 2.05) is 13.8 Å². The summed E-state index contributed by atoms with van der Waals surface area (Å²) in [5.41, 5.74) is 4.65. The van der Waals surface area contributed by atoms with Crippen molar-refractivity contribution in [3.05, 3.63) is 0 Å². The average molecular weight is 217 g/mol. The fourth-order valence-electron chi connectivity index (χ4n) is 0.812. The Morgan fingerprint density at radius 1 is 1.20 bits per heavy atom. The molecular formula is C11H23NO3. The van der Waals surface area contributed by atoms with Gasteiger partial charge in [0.2, 0.25) is 0 Å². The first-order chi connectivity index (χ1) is 6.73. The van der Waals surface area contributed by atoms with Gasteiger partial charge >= 0.3 is 5.97 Å². The summed E-state index contributed by atoms with van der Waals surface area (Å²) in [5.74, 6) is -0.258. The Kier molecular flexibility index (Phi) is 5.24. The molecule has 0 unspecified atom stereocenters.